The van der Waals surface area contributed by atoms with Crippen molar-refractivity contribution in [3.8, 4) is 22.5 Å². The second kappa shape index (κ2) is 8.80. The van der Waals surface area contributed by atoms with Crippen molar-refractivity contribution < 1.29 is 8.78 Å². The Morgan fingerprint density at radius 3 is 1.10 bits per heavy atom. The number of hydrogen-bond donors (Lipinski definition) is 1. The molecule has 0 aliphatic carbocycles. The Bertz CT molecular complexity index is 2050. The van der Waals surface area contributed by atoms with E-state index in [0.717, 1.165) is 61.1 Å². The lowest BCUT2D eigenvalue weighted by Gasteiger charge is -2.19. The van der Waals surface area contributed by atoms with Crippen LogP contribution in [0.3, 0.4) is 0 Å². The van der Waals surface area contributed by atoms with Crippen molar-refractivity contribution in [2.75, 3.05) is 5.73 Å². The standard InChI is InChI=1S/C36H23F2N3/c37-24-17-22(18-25(38)21-24)23-19-34(40-30-13-5-1-9-26(30)27-10-2-6-14-31(27)40)36(39)35(20-23)41-32-15-7-3-11-28(32)29-12-4-8-16-33(29)41/h1-21H,39H2. The lowest BCUT2D eigenvalue weighted by Crippen LogP contribution is -2.06. The number of anilines is 1. The zero-order valence-electron chi connectivity index (χ0n) is 21.9. The number of nitrogens with two attached hydrogens (primary N) is 1. The van der Waals surface area contributed by atoms with Crippen LogP contribution in [0.1, 0.15) is 0 Å². The third-order valence-corrected chi connectivity index (χ3v) is 7.97. The van der Waals surface area contributed by atoms with E-state index < -0.39 is 11.6 Å². The highest BCUT2D eigenvalue weighted by Crippen LogP contribution is 2.41. The Kier molecular flexibility index (Phi) is 5.03. The Morgan fingerprint density at radius 1 is 0.415 bits per heavy atom. The molecule has 0 amide bonds. The molecule has 196 valence electrons. The molecule has 2 heterocycles. The molecule has 5 heteroatoms. The van der Waals surface area contributed by atoms with E-state index in [-0.39, 0.29) is 0 Å². The van der Waals surface area contributed by atoms with Crippen molar-refractivity contribution in [2.24, 2.45) is 0 Å². The SMILES string of the molecule is Nc1c(-n2c3ccccc3c3ccccc32)cc(-c2cc(F)cc(F)c2)cc1-n1c2ccccc2c2ccccc21. The van der Waals surface area contributed by atoms with Crippen LogP contribution in [0.2, 0.25) is 0 Å². The number of aromatic nitrogens is 2. The Labute approximate surface area is 234 Å². The number of para-hydroxylation sites is 4. The van der Waals surface area contributed by atoms with Gasteiger partial charge < -0.3 is 14.9 Å². The van der Waals surface area contributed by atoms with Gasteiger partial charge in [-0.05, 0) is 59.7 Å². The van der Waals surface area contributed by atoms with Crippen LogP contribution in [0.4, 0.5) is 14.5 Å². The van der Waals surface area contributed by atoms with Crippen LogP contribution in [-0.4, -0.2) is 9.13 Å². The molecular formula is C36H23F2N3. The largest absolute Gasteiger partial charge is 0.395 e. The van der Waals surface area contributed by atoms with E-state index in [0.29, 0.717) is 16.8 Å². The monoisotopic (exact) mass is 535 g/mol. The second-order valence-corrected chi connectivity index (χ2v) is 10.3. The van der Waals surface area contributed by atoms with E-state index >= 15 is 0 Å². The zero-order chi connectivity index (χ0) is 27.7. The van der Waals surface area contributed by atoms with Crippen LogP contribution in [0.5, 0.6) is 0 Å². The minimum absolute atomic E-state index is 0.437. The summed E-state index contributed by atoms with van der Waals surface area (Å²) in [6.07, 6.45) is 0. The normalized spacial score (nSPS) is 11.8. The lowest BCUT2D eigenvalue weighted by atomic mass is 10.0. The second-order valence-electron chi connectivity index (χ2n) is 10.3. The lowest BCUT2D eigenvalue weighted by molar-refractivity contribution is 0.584. The van der Waals surface area contributed by atoms with Crippen molar-refractivity contribution in [3.05, 3.63) is 139 Å². The highest BCUT2D eigenvalue weighted by molar-refractivity contribution is 6.11. The first kappa shape index (κ1) is 23.5. The number of nitrogen functional groups attached to an aromatic ring is 1. The molecular weight excluding hydrogens is 512 g/mol. The average molecular weight is 536 g/mol. The maximum atomic E-state index is 14.5. The Balaban J connectivity index is 1.55. The molecule has 0 bridgehead atoms. The summed E-state index contributed by atoms with van der Waals surface area (Å²) in [5, 5.41) is 4.40. The number of nitrogens with zero attached hydrogens (tertiary/aromatic N) is 2. The fourth-order valence-corrected chi connectivity index (χ4v) is 6.24. The third kappa shape index (κ3) is 3.49. The molecule has 0 atom stereocenters. The average Bonchev–Trinajstić information content (AvgIpc) is 3.50. The summed E-state index contributed by atoms with van der Waals surface area (Å²) in [6, 6.07) is 40.3. The first-order valence-electron chi connectivity index (χ1n) is 13.5. The highest BCUT2D eigenvalue weighted by atomic mass is 19.1. The van der Waals surface area contributed by atoms with Crippen molar-refractivity contribution >= 4 is 49.3 Å². The molecule has 8 rings (SSSR count). The minimum atomic E-state index is -0.631. The quantitative estimate of drug-likeness (QED) is 0.225. The summed E-state index contributed by atoms with van der Waals surface area (Å²) in [5.41, 5.74) is 14.3. The first-order valence-corrected chi connectivity index (χ1v) is 13.5. The van der Waals surface area contributed by atoms with Gasteiger partial charge in [0.1, 0.15) is 11.6 Å². The molecule has 0 fully saturated rings. The molecule has 0 saturated heterocycles. The van der Waals surface area contributed by atoms with Crippen LogP contribution in [0, 0.1) is 11.6 Å². The highest BCUT2D eigenvalue weighted by Gasteiger charge is 2.21. The number of rotatable bonds is 3. The Morgan fingerprint density at radius 2 is 0.732 bits per heavy atom. The van der Waals surface area contributed by atoms with Gasteiger partial charge in [0.2, 0.25) is 0 Å². The van der Waals surface area contributed by atoms with Crippen LogP contribution in [0.15, 0.2) is 127 Å². The molecule has 0 radical (unpaired) electrons. The van der Waals surface area contributed by atoms with Gasteiger partial charge in [-0.15, -0.1) is 0 Å². The van der Waals surface area contributed by atoms with Crippen molar-refractivity contribution in [3.63, 3.8) is 0 Å². The first-order chi connectivity index (χ1) is 20.1. The fourth-order valence-electron chi connectivity index (χ4n) is 6.24. The maximum Gasteiger partial charge on any atom is 0.126 e. The minimum Gasteiger partial charge on any atom is -0.395 e. The van der Waals surface area contributed by atoms with Gasteiger partial charge in [-0.2, -0.15) is 0 Å². The van der Waals surface area contributed by atoms with Crippen molar-refractivity contribution in [1.29, 1.82) is 0 Å². The molecule has 2 N–H and O–H groups in total. The van der Waals surface area contributed by atoms with Crippen LogP contribution in [0.25, 0.3) is 66.1 Å². The van der Waals surface area contributed by atoms with Gasteiger partial charge in [0.25, 0.3) is 0 Å². The van der Waals surface area contributed by atoms with E-state index in [2.05, 4.69) is 57.7 Å². The maximum absolute atomic E-state index is 14.5. The smallest absolute Gasteiger partial charge is 0.126 e. The molecule has 0 aliphatic heterocycles. The zero-order valence-corrected chi connectivity index (χ0v) is 21.9. The fraction of sp³-hybridized carbons (Fsp3) is 0. The third-order valence-electron chi connectivity index (χ3n) is 7.97. The van der Waals surface area contributed by atoms with Crippen molar-refractivity contribution in [1.82, 2.24) is 9.13 Å². The molecule has 0 spiro atoms. The summed E-state index contributed by atoms with van der Waals surface area (Å²) in [6.45, 7) is 0. The number of benzene rings is 6. The van der Waals surface area contributed by atoms with Gasteiger partial charge in [0.05, 0.1) is 39.1 Å². The summed E-state index contributed by atoms with van der Waals surface area (Å²) < 4.78 is 33.3. The van der Waals surface area contributed by atoms with Crippen LogP contribution >= 0.6 is 0 Å². The molecule has 6 aromatic carbocycles. The van der Waals surface area contributed by atoms with Crippen LogP contribution in [-0.2, 0) is 0 Å². The summed E-state index contributed by atoms with van der Waals surface area (Å²) >= 11 is 0. The number of fused-ring (bicyclic) bond motifs is 6. The van der Waals surface area contributed by atoms with Gasteiger partial charge in [-0.1, -0.05) is 72.8 Å². The molecule has 0 unspecified atom stereocenters. The topological polar surface area (TPSA) is 35.9 Å². The molecule has 8 aromatic rings. The van der Waals surface area contributed by atoms with Crippen LogP contribution < -0.4 is 5.73 Å². The molecule has 2 aromatic heterocycles. The predicted molar refractivity (Wildman–Crippen MR) is 165 cm³/mol. The van der Waals surface area contributed by atoms with Gasteiger partial charge in [0.15, 0.2) is 0 Å². The van der Waals surface area contributed by atoms with E-state index in [1.54, 1.807) is 0 Å². The Hall–Kier alpha value is -5.42. The van der Waals surface area contributed by atoms with E-state index in [9.17, 15) is 8.78 Å². The molecule has 0 aliphatic rings. The van der Waals surface area contributed by atoms with E-state index in [1.165, 1.54) is 12.1 Å². The number of hydrogen-bond acceptors (Lipinski definition) is 1. The van der Waals surface area contributed by atoms with Gasteiger partial charge in [0, 0.05) is 27.6 Å². The van der Waals surface area contributed by atoms with E-state index in [1.807, 2.05) is 60.7 Å². The summed E-state index contributed by atoms with van der Waals surface area (Å²) in [7, 11) is 0. The predicted octanol–water partition coefficient (Wildman–Crippen LogP) is 9.41. The van der Waals surface area contributed by atoms with Gasteiger partial charge in [-0.3, -0.25) is 0 Å². The summed E-state index contributed by atoms with van der Waals surface area (Å²) in [5.74, 6) is -1.26. The van der Waals surface area contributed by atoms with Gasteiger partial charge >= 0.3 is 0 Å². The summed E-state index contributed by atoms with van der Waals surface area (Å²) in [4.78, 5) is 0. The number of halogens is 2. The van der Waals surface area contributed by atoms with Crippen molar-refractivity contribution in [2.45, 2.75) is 0 Å². The molecule has 0 saturated carbocycles. The molecule has 41 heavy (non-hydrogen) atoms. The van der Waals surface area contributed by atoms with E-state index in [4.69, 9.17) is 5.73 Å². The molecule has 3 nitrogen and oxygen atoms in total. The van der Waals surface area contributed by atoms with Gasteiger partial charge in [-0.25, -0.2) is 8.78 Å².